The molecule has 1 N–H and O–H groups in total. The van der Waals surface area contributed by atoms with E-state index in [0.29, 0.717) is 5.69 Å². The van der Waals surface area contributed by atoms with E-state index in [1.165, 1.54) is 0 Å². The Morgan fingerprint density at radius 2 is 2.26 bits per heavy atom. The van der Waals surface area contributed by atoms with Crippen molar-refractivity contribution >= 4 is 16.8 Å². The number of H-pyrrole nitrogens is 1. The van der Waals surface area contributed by atoms with Gasteiger partial charge in [0, 0.05) is 36.9 Å². The Labute approximate surface area is 158 Å². The number of nitrogens with one attached hydrogen (secondary N) is 1. The molecular formula is C20H25N5O2. The Bertz CT molecular complexity index is 945. The molecule has 4 rings (SSSR count). The maximum atomic E-state index is 13.3. The van der Waals surface area contributed by atoms with Crippen LogP contribution in [0.2, 0.25) is 0 Å². The van der Waals surface area contributed by atoms with Crippen LogP contribution in [0.4, 0.5) is 0 Å². The summed E-state index contributed by atoms with van der Waals surface area (Å²) in [6, 6.07) is 5.87. The Morgan fingerprint density at radius 3 is 3.04 bits per heavy atom. The number of carbonyl (C=O) groups is 1. The summed E-state index contributed by atoms with van der Waals surface area (Å²) < 4.78 is 7.45. The molecule has 7 heteroatoms. The monoisotopic (exact) mass is 367 g/mol. The van der Waals surface area contributed by atoms with Gasteiger partial charge in [-0.1, -0.05) is 0 Å². The van der Waals surface area contributed by atoms with Gasteiger partial charge in [-0.05, 0) is 50.8 Å². The fourth-order valence-corrected chi connectivity index (χ4v) is 3.92. The summed E-state index contributed by atoms with van der Waals surface area (Å²) in [5.41, 5.74) is 1.33. The summed E-state index contributed by atoms with van der Waals surface area (Å²) in [5, 5.41) is 8.10. The molecule has 0 saturated carbocycles. The Hall–Kier alpha value is -2.83. The molecule has 1 saturated heterocycles. The summed E-state index contributed by atoms with van der Waals surface area (Å²) in [7, 11) is 1.63. The number of rotatable bonds is 5. The van der Waals surface area contributed by atoms with Gasteiger partial charge in [0.2, 0.25) is 0 Å². The fraction of sp³-hybridized carbons (Fsp3) is 0.450. The molecule has 1 fully saturated rings. The number of piperidine rings is 1. The number of benzene rings is 1. The predicted molar refractivity (Wildman–Crippen MR) is 103 cm³/mol. The van der Waals surface area contributed by atoms with E-state index in [1.807, 2.05) is 42.4 Å². The Balaban J connectivity index is 1.56. The second-order valence-electron chi connectivity index (χ2n) is 7.09. The van der Waals surface area contributed by atoms with Gasteiger partial charge in [-0.3, -0.25) is 9.89 Å². The molecule has 7 nitrogen and oxygen atoms in total. The number of likely N-dealkylation sites (tertiary alicyclic amines) is 1. The number of fused-ring (bicyclic) bond motifs is 1. The smallest absolute Gasteiger partial charge is 0.275 e. The van der Waals surface area contributed by atoms with Crippen molar-refractivity contribution in [3.8, 4) is 5.75 Å². The standard InChI is InChI=1S/C20H25N5O2/c1-14-21-9-12-24(14)11-8-15-5-3-4-10-25(15)20(26)19-17-13-16(27-2)6-7-18(17)22-23-19/h6-7,9,12-13,15H,3-5,8,10-11H2,1-2H3,(H,22,23). The van der Waals surface area contributed by atoms with Gasteiger partial charge in [-0.25, -0.2) is 4.98 Å². The highest BCUT2D eigenvalue weighted by molar-refractivity contribution is 6.05. The van der Waals surface area contributed by atoms with Crippen molar-refractivity contribution < 1.29 is 9.53 Å². The number of carbonyl (C=O) groups excluding carboxylic acids is 1. The average molecular weight is 367 g/mol. The zero-order valence-corrected chi connectivity index (χ0v) is 15.8. The lowest BCUT2D eigenvalue weighted by atomic mass is 9.98. The molecule has 3 heterocycles. The van der Waals surface area contributed by atoms with Crippen molar-refractivity contribution in [1.82, 2.24) is 24.6 Å². The third-order valence-electron chi connectivity index (χ3n) is 5.49. The Morgan fingerprint density at radius 1 is 1.37 bits per heavy atom. The number of aryl methyl sites for hydroxylation is 2. The number of aromatic amines is 1. The first-order valence-electron chi connectivity index (χ1n) is 9.48. The molecule has 1 amide bonds. The predicted octanol–water partition coefficient (Wildman–Crippen LogP) is 3.16. The third kappa shape index (κ3) is 3.41. The summed E-state index contributed by atoms with van der Waals surface area (Å²) in [6.07, 6.45) is 7.98. The molecule has 0 aliphatic carbocycles. The van der Waals surface area contributed by atoms with E-state index in [0.717, 1.165) is 61.2 Å². The van der Waals surface area contributed by atoms with Crippen molar-refractivity contribution in [1.29, 1.82) is 0 Å². The van der Waals surface area contributed by atoms with E-state index < -0.39 is 0 Å². The first-order valence-corrected chi connectivity index (χ1v) is 9.48. The number of hydrogen-bond donors (Lipinski definition) is 1. The Kier molecular flexibility index (Phi) is 4.83. The number of aromatic nitrogens is 4. The average Bonchev–Trinajstić information content (AvgIpc) is 3.31. The van der Waals surface area contributed by atoms with Crippen LogP contribution in [-0.4, -0.2) is 50.3 Å². The second-order valence-corrected chi connectivity index (χ2v) is 7.09. The molecule has 3 aromatic rings. The van der Waals surface area contributed by atoms with Crippen LogP contribution in [0, 0.1) is 6.92 Å². The van der Waals surface area contributed by atoms with Crippen molar-refractivity contribution in [2.45, 2.75) is 45.2 Å². The lowest BCUT2D eigenvalue weighted by Crippen LogP contribution is -2.44. The van der Waals surface area contributed by atoms with E-state index in [4.69, 9.17) is 4.74 Å². The van der Waals surface area contributed by atoms with Crippen LogP contribution in [0.15, 0.2) is 30.6 Å². The van der Waals surface area contributed by atoms with Gasteiger partial charge in [0.1, 0.15) is 11.6 Å². The first-order chi connectivity index (χ1) is 13.2. The summed E-state index contributed by atoms with van der Waals surface area (Å²) in [6.45, 7) is 3.66. The SMILES string of the molecule is COc1ccc2[nH]nc(C(=O)N3CCCCC3CCn3ccnc3C)c2c1. The third-order valence-corrected chi connectivity index (χ3v) is 5.49. The van der Waals surface area contributed by atoms with Crippen LogP contribution in [0.5, 0.6) is 5.75 Å². The van der Waals surface area contributed by atoms with Crippen molar-refractivity contribution in [3.63, 3.8) is 0 Å². The number of methoxy groups -OCH3 is 1. The van der Waals surface area contributed by atoms with E-state index in [9.17, 15) is 4.79 Å². The van der Waals surface area contributed by atoms with Crippen LogP contribution >= 0.6 is 0 Å². The summed E-state index contributed by atoms with van der Waals surface area (Å²) in [4.78, 5) is 19.6. The minimum atomic E-state index is 0.00144. The minimum absolute atomic E-state index is 0.00144. The van der Waals surface area contributed by atoms with Crippen molar-refractivity contribution in [3.05, 3.63) is 42.1 Å². The second kappa shape index (κ2) is 7.42. The van der Waals surface area contributed by atoms with Crippen LogP contribution in [0.1, 0.15) is 42.0 Å². The molecule has 2 aromatic heterocycles. The quantitative estimate of drug-likeness (QED) is 0.751. The van der Waals surface area contributed by atoms with Crippen LogP contribution < -0.4 is 4.74 Å². The number of hydrogen-bond acceptors (Lipinski definition) is 4. The fourth-order valence-electron chi connectivity index (χ4n) is 3.92. The highest BCUT2D eigenvalue weighted by Crippen LogP contribution is 2.27. The van der Waals surface area contributed by atoms with Crippen LogP contribution in [-0.2, 0) is 6.54 Å². The molecule has 1 aliphatic heterocycles. The molecule has 142 valence electrons. The number of amides is 1. The minimum Gasteiger partial charge on any atom is -0.497 e. The van der Waals surface area contributed by atoms with E-state index in [-0.39, 0.29) is 11.9 Å². The molecule has 1 atom stereocenters. The number of ether oxygens (including phenoxy) is 1. The maximum Gasteiger partial charge on any atom is 0.275 e. The van der Waals surface area contributed by atoms with Gasteiger partial charge in [0.15, 0.2) is 5.69 Å². The molecule has 0 spiro atoms. The topological polar surface area (TPSA) is 76.0 Å². The first kappa shape index (κ1) is 17.6. The number of imidazole rings is 1. The zero-order valence-electron chi connectivity index (χ0n) is 15.8. The lowest BCUT2D eigenvalue weighted by molar-refractivity contribution is 0.0591. The van der Waals surface area contributed by atoms with Crippen molar-refractivity contribution in [2.24, 2.45) is 0 Å². The van der Waals surface area contributed by atoms with E-state index in [2.05, 4.69) is 19.7 Å². The van der Waals surface area contributed by atoms with Crippen LogP contribution in [0.3, 0.4) is 0 Å². The molecule has 1 unspecified atom stereocenters. The van der Waals surface area contributed by atoms with Crippen LogP contribution in [0.25, 0.3) is 10.9 Å². The molecular weight excluding hydrogens is 342 g/mol. The molecule has 27 heavy (non-hydrogen) atoms. The van der Waals surface area contributed by atoms with Gasteiger partial charge in [0.05, 0.1) is 12.6 Å². The maximum absolute atomic E-state index is 13.3. The van der Waals surface area contributed by atoms with E-state index in [1.54, 1.807) is 7.11 Å². The van der Waals surface area contributed by atoms with Gasteiger partial charge >= 0.3 is 0 Å². The van der Waals surface area contributed by atoms with Gasteiger partial charge < -0.3 is 14.2 Å². The highest BCUT2D eigenvalue weighted by atomic mass is 16.5. The van der Waals surface area contributed by atoms with Gasteiger partial charge in [-0.2, -0.15) is 5.10 Å². The molecule has 1 aromatic carbocycles. The molecule has 1 aliphatic rings. The van der Waals surface area contributed by atoms with E-state index >= 15 is 0 Å². The van der Waals surface area contributed by atoms with Gasteiger partial charge in [0.25, 0.3) is 5.91 Å². The van der Waals surface area contributed by atoms with Gasteiger partial charge in [-0.15, -0.1) is 0 Å². The summed E-state index contributed by atoms with van der Waals surface area (Å²) >= 11 is 0. The molecule has 0 radical (unpaired) electrons. The highest BCUT2D eigenvalue weighted by Gasteiger charge is 2.29. The molecule has 0 bridgehead atoms. The van der Waals surface area contributed by atoms with Crippen molar-refractivity contribution in [2.75, 3.05) is 13.7 Å². The normalized spacial score (nSPS) is 17.4. The number of nitrogens with zero attached hydrogens (tertiary/aromatic N) is 4. The lowest BCUT2D eigenvalue weighted by Gasteiger charge is -2.35. The largest absolute Gasteiger partial charge is 0.497 e. The zero-order chi connectivity index (χ0) is 18.8. The summed E-state index contributed by atoms with van der Waals surface area (Å²) in [5.74, 6) is 1.74.